The summed E-state index contributed by atoms with van der Waals surface area (Å²) in [5, 5.41) is 0. The van der Waals surface area contributed by atoms with Crippen LogP contribution in [-0.4, -0.2) is 23.7 Å². The third-order valence-corrected chi connectivity index (χ3v) is 4.44. The fourth-order valence-electron chi connectivity index (χ4n) is 3.15. The van der Waals surface area contributed by atoms with Gasteiger partial charge in [-0.25, -0.2) is 9.59 Å². The van der Waals surface area contributed by atoms with Crippen molar-refractivity contribution < 1.29 is 28.6 Å². The Morgan fingerprint density at radius 3 is 2.42 bits per heavy atom. The number of esters is 3. The predicted octanol–water partition coefficient (Wildman–Crippen LogP) is 3.39. The van der Waals surface area contributed by atoms with Crippen molar-refractivity contribution in [2.45, 2.75) is 51.7 Å². The zero-order valence-corrected chi connectivity index (χ0v) is 14.9. The SMILES string of the molecule is CC1(C)OC(=O)C(=Cc2cccc(OC(=O)C3CCCCC3)c2)C(=O)O1. The van der Waals surface area contributed by atoms with E-state index < -0.39 is 17.7 Å². The van der Waals surface area contributed by atoms with Crippen molar-refractivity contribution in [3.63, 3.8) is 0 Å². The van der Waals surface area contributed by atoms with E-state index in [-0.39, 0.29) is 17.5 Å². The van der Waals surface area contributed by atoms with Crippen LogP contribution in [0.5, 0.6) is 5.75 Å². The Hall–Kier alpha value is -2.63. The Bertz CT molecular complexity index is 733. The number of carbonyl (C=O) groups is 3. The Morgan fingerprint density at radius 2 is 1.77 bits per heavy atom. The van der Waals surface area contributed by atoms with E-state index in [9.17, 15) is 14.4 Å². The molecule has 0 spiro atoms. The van der Waals surface area contributed by atoms with Crippen molar-refractivity contribution in [1.82, 2.24) is 0 Å². The Labute approximate surface area is 152 Å². The summed E-state index contributed by atoms with van der Waals surface area (Å²) in [7, 11) is 0. The molecular weight excluding hydrogens is 336 g/mol. The second kappa shape index (κ2) is 7.32. The molecule has 0 bridgehead atoms. The molecule has 1 aliphatic heterocycles. The third-order valence-electron chi connectivity index (χ3n) is 4.44. The molecule has 2 fully saturated rings. The summed E-state index contributed by atoms with van der Waals surface area (Å²) in [5.41, 5.74) is 0.350. The van der Waals surface area contributed by atoms with Gasteiger partial charge in [-0.2, -0.15) is 0 Å². The first-order valence-electron chi connectivity index (χ1n) is 8.84. The highest BCUT2D eigenvalue weighted by molar-refractivity contribution is 6.18. The van der Waals surface area contributed by atoms with Crippen LogP contribution in [0.15, 0.2) is 29.8 Å². The number of carbonyl (C=O) groups excluding carboxylic acids is 3. The van der Waals surface area contributed by atoms with E-state index in [0.717, 1.165) is 32.1 Å². The molecule has 2 aliphatic rings. The molecule has 6 nitrogen and oxygen atoms in total. The highest BCUT2D eigenvalue weighted by Crippen LogP contribution is 2.27. The van der Waals surface area contributed by atoms with Gasteiger partial charge in [0.05, 0.1) is 5.92 Å². The zero-order chi connectivity index (χ0) is 18.7. The number of hydrogen-bond acceptors (Lipinski definition) is 6. The summed E-state index contributed by atoms with van der Waals surface area (Å²) in [6.45, 7) is 2.98. The summed E-state index contributed by atoms with van der Waals surface area (Å²) in [6, 6.07) is 6.67. The van der Waals surface area contributed by atoms with Crippen LogP contribution < -0.4 is 4.74 Å². The molecule has 1 saturated heterocycles. The molecule has 1 saturated carbocycles. The molecule has 0 amide bonds. The van der Waals surface area contributed by atoms with Crippen LogP contribution in [-0.2, 0) is 23.9 Å². The normalized spacial score (nSPS) is 20.2. The van der Waals surface area contributed by atoms with E-state index in [1.54, 1.807) is 24.3 Å². The van der Waals surface area contributed by atoms with Gasteiger partial charge in [-0.15, -0.1) is 0 Å². The van der Waals surface area contributed by atoms with Crippen molar-refractivity contribution in [2.75, 3.05) is 0 Å². The van der Waals surface area contributed by atoms with Crippen LogP contribution in [0.1, 0.15) is 51.5 Å². The predicted molar refractivity (Wildman–Crippen MR) is 92.9 cm³/mol. The number of rotatable bonds is 3. The largest absolute Gasteiger partial charge is 0.426 e. The molecule has 0 atom stereocenters. The lowest BCUT2D eigenvalue weighted by Crippen LogP contribution is -2.41. The first-order chi connectivity index (χ1) is 12.3. The molecule has 0 radical (unpaired) electrons. The van der Waals surface area contributed by atoms with Crippen LogP contribution >= 0.6 is 0 Å². The number of cyclic esters (lactones) is 2. The Balaban J connectivity index is 1.74. The number of hydrogen-bond donors (Lipinski definition) is 0. The van der Waals surface area contributed by atoms with Gasteiger partial charge in [0, 0.05) is 13.8 Å². The lowest BCUT2D eigenvalue weighted by molar-refractivity contribution is -0.222. The van der Waals surface area contributed by atoms with Gasteiger partial charge in [0.1, 0.15) is 11.3 Å². The molecule has 0 unspecified atom stereocenters. The van der Waals surface area contributed by atoms with Crippen molar-refractivity contribution in [3.8, 4) is 5.75 Å². The first-order valence-corrected chi connectivity index (χ1v) is 8.84. The molecule has 0 N–H and O–H groups in total. The van der Waals surface area contributed by atoms with Crippen LogP contribution in [0.25, 0.3) is 6.08 Å². The van der Waals surface area contributed by atoms with Gasteiger partial charge < -0.3 is 14.2 Å². The lowest BCUT2D eigenvalue weighted by Gasteiger charge is -2.29. The molecular formula is C20H22O6. The minimum atomic E-state index is -1.27. The number of ether oxygens (including phenoxy) is 3. The molecule has 1 aliphatic carbocycles. The van der Waals surface area contributed by atoms with Gasteiger partial charge in [-0.05, 0) is 36.6 Å². The Morgan fingerprint density at radius 1 is 1.12 bits per heavy atom. The summed E-state index contributed by atoms with van der Waals surface area (Å²) in [5.74, 6) is -2.66. The summed E-state index contributed by atoms with van der Waals surface area (Å²) >= 11 is 0. The monoisotopic (exact) mass is 358 g/mol. The molecule has 26 heavy (non-hydrogen) atoms. The molecule has 0 aromatic heterocycles. The van der Waals surface area contributed by atoms with Crippen molar-refractivity contribution >= 4 is 24.0 Å². The topological polar surface area (TPSA) is 78.9 Å². The minimum Gasteiger partial charge on any atom is -0.426 e. The van der Waals surface area contributed by atoms with Gasteiger partial charge in [-0.1, -0.05) is 31.4 Å². The third kappa shape index (κ3) is 4.31. The second-order valence-electron chi connectivity index (χ2n) is 7.07. The quantitative estimate of drug-likeness (QED) is 0.357. The van der Waals surface area contributed by atoms with E-state index in [0.29, 0.717) is 11.3 Å². The highest BCUT2D eigenvalue weighted by atomic mass is 16.7. The van der Waals surface area contributed by atoms with Gasteiger partial charge in [-0.3, -0.25) is 4.79 Å². The van der Waals surface area contributed by atoms with Crippen molar-refractivity contribution in [2.24, 2.45) is 5.92 Å². The van der Waals surface area contributed by atoms with Crippen LogP contribution in [0, 0.1) is 5.92 Å². The highest BCUT2D eigenvalue weighted by Gasteiger charge is 2.38. The minimum absolute atomic E-state index is 0.0590. The smallest absolute Gasteiger partial charge is 0.348 e. The van der Waals surface area contributed by atoms with Crippen molar-refractivity contribution in [3.05, 3.63) is 35.4 Å². The molecule has 6 heteroatoms. The summed E-state index contributed by atoms with van der Waals surface area (Å²) < 4.78 is 15.6. The fourth-order valence-corrected chi connectivity index (χ4v) is 3.15. The maximum Gasteiger partial charge on any atom is 0.348 e. The average molecular weight is 358 g/mol. The van der Waals surface area contributed by atoms with E-state index in [1.165, 1.54) is 19.9 Å². The lowest BCUT2D eigenvalue weighted by atomic mass is 9.89. The van der Waals surface area contributed by atoms with Gasteiger partial charge >= 0.3 is 17.9 Å². The van der Waals surface area contributed by atoms with Gasteiger partial charge in [0.2, 0.25) is 0 Å². The van der Waals surface area contributed by atoms with Gasteiger partial charge in [0.25, 0.3) is 5.79 Å². The molecule has 1 aromatic rings. The zero-order valence-electron chi connectivity index (χ0n) is 14.9. The molecule has 3 rings (SSSR count). The van der Waals surface area contributed by atoms with Crippen molar-refractivity contribution in [1.29, 1.82) is 0 Å². The summed E-state index contributed by atoms with van der Waals surface area (Å²) in [6.07, 6.45) is 6.35. The Kier molecular flexibility index (Phi) is 5.11. The van der Waals surface area contributed by atoms with Crippen LogP contribution in [0.4, 0.5) is 0 Å². The van der Waals surface area contributed by atoms with E-state index >= 15 is 0 Å². The van der Waals surface area contributed by atoms with Crippen LogP contribution in [0.2, 0.25) is 0 Å². The average Bonchev–Trinajstić information content (AvgIpc) is 2.58. The summed E-state index contributed by atoms with van der Waals surface area (Å²) in [4.78, 5) is 36.3. The molecule has 1 aromatic carbocycles. The number of benzene rings is 1. The van der Waals surface area contributed by atoms with E-state index in [4.69, 9.17) is 14.2 Å². The molecule has 138 valence electrons. The fraction of sp³-hybridized carbons (Fsp3) is 0.450. The van der Waals surface area contributed by atoms with E-state index in [1.807, 2.05) is 0 Å². The van der Waals surface area contributed by atoms with E-state index in [2.05, 4.69) is 0 Å². The second-order valence-corrected chi connectivity index (χ2v) is 7.07. The maximum atomic E-state index is 12.3. The molecule has 1 heterocycles. The maximum absolute atomic E-state index is 12.3. The van der Waals surface area contributed by atoms with Crippen LogP contribution in [0.3, 0.4) is 0 Å². The standard InChI is InChI=1S/C20H22O6/c1-20(2)25-18(22)16(19(23)26-20)12-13-7-6-10-15(11-13)24-17(21)14-8-4-3-5-9-14/h6-7,10-12,14H,3-5,8-9H2,1-2H3. The first kappa shape index (κ1) is 18.2. The van der Waals surface area contributed by atoms with Gasteiger partial charge in [0.15, 0.2) is 0 Å².